The molecule has 2 aliphatic rings. The van der Waals surface area contributed by atoms with Crippen LogP contribution in [-0.4, -0.2) is 126 Å². The molecular formula is C62H93N7O11Si. The Bertz CT molecular complexity index is 2450. The Morgan fingerprint density at radius 1 is 0.741 bits per heavy atom. The van der Waals surface area contributed by atoms with Crippen molar-refractivity contribution in [1.29, 1.82) is 0 Å². The van der Waals surface area contributed by atoms with Gasteiger partial charge in [0.25, 0.3) is 14.2 Å². The highest BCUT2D eigenvalue weighted by Crippen LogP contribution is 2.38. The Labute approximate surface area is 482 Å². The zero-order chi connectivity index (χ0) is 58.8. The molecule has 1 fully saturated rings. The van der Waals surface area contributed by atoms with Crippen molar-refractivity contribution in [2.24, 2.45) is 4.99 Å². The Hall–Kier alpha value is -6.31. The average Bonchev–Trinajstić information content (AvgIpc) is 3.91. The van der Waals surface area contributed by atoms with Gasteiger partial charge in [-0.05, 0) is 93.3 Å². The van der Waals surface area contributed by atoms with E-state index in [9.17, 15) is 39.1 Å². The summed E-state index contributed by atoms with van der Waals surface area (Å²) in [7, 11) is -3.27. The Kier molecular flexibility index (Phi) is 26.6. The highest BCUT2D eigenvalue weighted by molar-refractivity contribution is 6.99. The summed E-state index contributed by atoms with van der Waals surface area (Å²) in [6, 6.07) is 21.4. The van der Waals surface area contributed by atoms with Crippen LogP contribution in [0.5, 0.6) is 5.75 Å². The van der Waals surface area contributed by atoms with Gasteiger partial charge in [0.15, 0.2) is 6.04 Å². The van der Waals surface area contributed by atoms with Gasteiger partial charge in [-0.25, -0.2) is 19.9 Å². The van der Waals surface area contributed by atoms with E-state index in [0.29, 0.717) is 36.3 Å². The SMILES string of the molecule is CCCCCCCCCCCCCCCC(=O)N(O)CCCC[C@H](NC(=O)[C@@H]1COC(c2ccccc2O)=N1)C(=O)NC[C@H](NC(=O)OC(C)(C)C)C(=O)N[C@H]1CCCCN(O[Si](c2ccccc2)(c2ccccc2)C(C)(C)C)C1=O. The first-order valence-electron chi connectivity index (χ1n) is 29.7. The van der Waals surface area contributed by atoms with Gasteiger partial charge in [-0.2, -0.15) is 0 Å². The number of amides is 6. The first-order valence-corrected chi connectivity index (χ1v) is 31.6. The molecule has 446 valence electrons. The molecule has 6 N–H and O–H groups in total. The number of para-hydroxylation sites is 1. The van der Waals surface area contributed by atoms with Crippen molar-refractivity contribution in [2.75, 3.05) is 26.2 Å². The topological polar surface area (TPSA) is 238 Å². The predicted octanol–water partition coefficient (Wildman–Crippen LogP) is 8.89. The third-order valence-corrected chi connectivity index (χ3v) is 19.6. The van der Waals surface area contributed by atoms with E-state index in [0.717, 1.165) is 29.6 Å². The monoisotopic (exact) mass is 1140 g/mol. The summed E-state index contributed by atoms with van der Waals surface area (Å²) in [4.78, 5) is 88.0. The van der Waals surface area contributed by atoms with Crippen LogP contribution in [0.3, 0.4) is 0 Å². The molecule has 4 atom stereocenters. The molecule has 18 nitrogen and oxygen atoms in total. The smallest absolute Gasteiger partial charge is 0.408 e. The second kappa shape index (κ2) is 33.0. The molecule has 0 aromatic heterocycles. The number of ether oxygens (including phenoxy) is 2. The van der Waals surface area contributed by atoms with Crippen molar-refractivity contribution in [2.45, 2.75) is 212 Å². The van der Waals surface area contributed by atoms with E-state index in [1.54, 1.807) is 39.0 Å². The van der Waals surface area contributed by atoms with E-state index in [1.165, 1.54) is 68.9 Å². The second-order valence-electron chi connectivity index (χ2n) is 23.5. The van der Waals surface area contributed by atoms with Gasteiger partial charge >= 0.3 is 6.09 Å². The molecule has 0 saturated carbocycles. The van der Waals surface area contributed by atoms with Gasteiger partial charge in [-0.1, -0.05) is 178 Å². The number of unbranched alkanes of at least 4 members (excludes halogenated alkanes) is 13. The average molecular weight is 1140 g/mol. The fourth-order valence-corrected chi connectivity index (χ4v) is 14.7. The summed E-state index contributed by atoms with van der Waals surface area (Å²) in [5.41, 5.74) is -0.655. The number of hydrogen-bond acceptors (Lipinski definition) is 12. The molecule has 3 aromatic rings. The van der Waals surface area contributed by atoms with E-state index in [1.807, 2.05) is 60.7 Å². The van der Waals surface area contributed by atoms with E-state index in [2.05, 4.69) is 54.0 Å². The maximum atomic E-state index is 14.7. The lowest BCUT2D eigenvalue weighted by molar-refractivity contribution is -0.165. The number of aromatic hydroxyl groups is 1. The number of rotatable bonds is 32. The maximum Gasteiger partial charge on any atom is 0.408 e. The van der Waals surface area contributed by atoms with Crippen LogP contribution in [0.2, 0.25) is 5.04 Å². The number of aliphatic imine (C=N–C) groups is 1. The van der Waals surface area contributed by atoms with Gasteiger partial charge in [0.05, 0.1) is 5.56 Å². The molecule has 1 saturated heterocycles. The zero-order valence-corrected chi connectivity index (χ0v) is 50.3. The van der Waals surface area contributed by atoms with Crippen LogP contribution in [0, 0.1) is 0 Å². The molecule has 0 bridgehead atoms. The number of carbonyl (C=O) groups is 6. The van der Waals surface area contributed by atoms with Gasteiger partial charge in [0.2, 0.25) is 29.5 Å². The fourth-order valence-electron chi connectivity index (χ4n) is 10.3. The molecule has 3 aromatic carbocycles. The number of hydrogen-bond donors (Lipinski definition) is 6. The van der Waals surface area contributed by atoms with Gasteiger partial charge in [0, 0.05) is 26.1 Å². The normalized spacial score (nSPS) is 16.5. The molecule has 0 spiro atoms. The van der Waals surface area contributed by atoms with Crippen LogP contribution >= 0.6 is 0 Å². The van der Waals surface area contributed by atoms with E-state index in [4.69, 9.17) is 14.0 Å². The standard InChI is InChI=1S/C62H93N7O11Si/c1-8-9-10-11-12-13-14-15-16-17-18-19-26-41-54(71)68(77)42-31-29-38-49(64-57(74)52-45-78-58(66-52)48-37-27-28-40-53(48)70)55(72)63-44-51(67-60(76)79-61(2,3)4)56(73)65-50-39-30-32-43-69(59(50)75)80-81(62(5,6)7,46-33-22-20-23-34-46)47-35-24-21-25-36-47/h20-25,27-28,33-37,40,49-52,70,77H,8-19,26,29-32,38-39,41-45H2,1-7H3,(H,63,72)(H,64,74)(H,65,73)(H,67,76)/t49-,50-,51-,52-/m0/s1. The summed E-state index contributed by atoms with van der Waals surface area (Å²) in [6.07, 6.45) is 16.7. The van der Waals surface area contributed by atoms with Crippen LogP contribution in [0.15, 0.2) is 89.9 Å². The van der Waals surface area contributed by atoms with Gasteiger partial charge in [0.1, 0.15) is 36.1 Å². The van der Waals surface area contributed by atoms with Crippen LogP contribution < -0.4 is 31.6 Å². The molecular weight excluding hydrogens is 1050 g/mol. The van der Waals surface area contributed by atoms with E-state index in [-0.39, 0.29) is 62.9 Å². The third kappa shape index (κ3) is 20.9. The van der Waals surface area contributed by atoms with Crippen LogP contribution in [-0.2, 0) is 38.0 Å². The van der Waals surface area contributed by atoms with Crippen molar-refractivity contribution in [1.82, 2.24) is 31.4 Å². The van der Waals surface area contributed by atoms with Crippen LogP contribution in [0.25, 0.3) is 0 Å². The number of hydroxylamine groups is 4. The minimum Gasteiger partial charge on any atom is -0.507 e. The predicted molar refractivity (Wildman–Crippen MR) is 316 cm³/mol. The van der Waals surface area contributed by atoms with E-state index >= 15 is 0 Å². The summed E-state index contributed by atoms with van der Waals surface area (Å²) in [6.45, 7) is 13.2. The second-order valence-corrected chi connectivity index (χ2v) is 27.7. The largest absolute Gasteiger partial charge is 0.507 e. The summed E-state index contributed by atoms with van der Waals surface area (Å²) >= 11 is 0. The van der Waals surface area contributed by atoms with Gasteiger partial charge < -0.3 is 40.4 Å². The van der Waals surface area contributed by atoms with Gasteiger partial charge in [-0.3, -0.25) is 29.2 Å². The third-order valence-electron chi connectivity index (χ3n) is 14.7. The number of alkyl carbamates (subject to hydrolysis) is 1. The van der Waals surface area contributed by atoms with Crippen molar-refractivity contribution in [3.8, 4) is 5.75 Å². The first-order chi connectivity index (χ1) is 38.7. The minimum absolute atomic E-state index is 0.00650. The zero-order valence-electron chi connectivity index (χ0n) is 49.3. The molecule has 0 aliphatic carbocycles. The Morgan fingerprint density at radius 2 is 1.32 bits per heavy atom. The maximum absolute atomic E-state index is 14.7. The lowest BCUT2D eigenvalue weighted by Crippen LogP contribution is -2.69. The van der Waals surface area contributed by atoms with E-state index < -0.39 is 79.4 Å². The number of nitrogens with zero attached hydrogens (tertiary/aromatic N) is 3. The highest BCUT2D eigenvalue weighted by atomic mass is 28.4. The van der Waals surface area contributed by atoms with Gasteiger partial charge in [-0.15, -0.1) is 0 Å². The summed E-state index contributed by atoms with van der Waals surface area (Å²) < 4.78 is 18.4. The van der Waals surface area contributed by atoms with Crippen molar-refractivity contribution >= 4 is 60.2 Å². The summed E-state index contributed by atoms with van der Waals surface area (Å²) in [5, 5.41) is 35.6. The molecule has 19 heteroatoms. The molecule has 6 amide bonds. The highest BCUT2D eigenvalue weighted by Gasteiger charge is 2.53. The first kappa shape index (κ1) is 65.5. The minimum atomic E-state index is -3.27. The summed E-state index contributed by atoms with van der Waals surface area (Å²) in [5.74, 6) is -2.98. The molecule has 81 heavy (non-hydrogen) atoms. The lowest BCUT2D eigenvalue weighted by Gasteiger charge is -2.45. The molecule has 2 aliphatic heterocycles. The quantitative estimate of drug-likeness (QED) is 0.0149. The van der Waals surface area contributed by atoms with Crippen LogP contribution in [0.1, 0.15) is 182 Å². The molecule has 0 radical (unpaired) electrons. The number of phenols is 1. The van der Waals surface area contributed by atoms with Crippen molar-refractivity contribution in [3.05, 3.63) is 90.5 Å². The number of phenolic OH excluding ortho intramolecular Hbond substituents is 1. The van der Waals surface area contributed by atoms with Crippen molar-refractivity contribution < 1.29 is 53.1 Å². The van der Waals surface area contributed by atoms with Crippen LogP contribution in [0.4, 0.5) is 4.79 Å². The number of nitrogens with one attached hydrogen (secondary N) is 4. The lowest BCUT2D eigenvalue weighted by atomic mass is 10.0. The molecule has 0 unspecified atom stereocenters. The Balaban J connectivity index is 1.25. The molecule has 5 rings (SSSR count). The fraction of sp³-hybridized carbons (Fsp3) is 0.597. The number of carbonyl (C=O) groups excluding carboxylic acids is 6. The Morgan fingerprint density at radius 3 is 1.90 bits per heavy atom. The van der Waals surface area contributed by atoms with Crippen molar-refractivity contribution in [3.63, 3.8) is 0 Å². The number of benzene rings is 3. The molecule has 2 heterocycles.